The summed E-state index contributed by atoms with van der Waals surface area (Å²) in [6.45, 7) is 0.0362. The summed E-state index contributed by atoms with van der Waals surface area (Å²) in [5.41, 5.74) is 6.92. The third kappa shape index (κ3) is 4.57. The van der Waals surface area contributed by atoms with Gasteiger partial charge in [-0.05, 0) is 36.9 Å². The van der Waals surface area contributed by atoms with Crippen molar-refractivity contribution in [3.05, 3.63) is 60.2 Å². The lowest BCUT2D eigenvalue weighted by atomic mass is 10.1. The van der Waals surface area contributed by atoms with Gasteiger partial charge in [0.05, 0.1) is 13.7 Å². The highest BCUT2D eigenvalue weighted by atomic mass is 16.5. The number of nitrogens with one attached hydrogen (secondary N) is 1. The van der Waals surface area contributed by atoms with Crippen molar-refractivity contribution in [1.82, 2.24) is 4.90 Å². The number of benzene rings is 2. The number of primary amides is 1. The SMILES string of the molecule is COc1ccc(NC(=O)CN(C)C(C(N)=O)c2ccccc2)cc1. The third-order valence-electron chi connectivity index (χ3n) is 3.59. The second kappa shape index (κ2) is 8.12. The molecule has 2 aromatic carbocycles. The Hall–Kier alpha value is -2.86. The van der Waals surface area contributed by atoms with Gasteiger partial charge in [-0.2, -0.15) is 0 Å². The zero-order valence-corrected chi connectivity index (χ0v) is 13.7. The Bertz CT molecular complexity index is 686. The second-order valence-corrected chi connectivity index (χ2v) is 5.41. The van der Waals surface area contributed by atoms with Gasteiger partial charge in [0.15, 0.2) is 0 Å². The summed E-state index contributed by atoms with van der Waals surface area (Å²) in [6, 6.07) is 15.5. The van der Waals surface area contributed by atoms with Crippen LogP contribution in [0.3, 0.4) is 0 Å². The van der Waals surface area contributed by atoms with Crippen LogP contribution in [-0.2, 0) is 9.59 Å². The van der Waals surface area contributed by atoms with Gasteiger partial charge in [-0.3, -0.25) is 14.5 Å². The molecule has 6 nitrogen and oxygen atoms in total. The van der Waals surface area contributed by atoms with E-state index in [1.807, 2.05) is 30.3 Å². The second-order valence-electron chi connectivity index (χ2n) is 5.41. The number of carbonyl (C=O) groups is 2. The van der Waals surface area contributed by atoms with Gasteiger partial charge in [0.2, 0.25) is 11.8 Å². The molecule has 0 aliphatic carbocycles. The van der Waals surface area contributed by atoms with E-state index in [-0.39, 0.29) is 12.5 Å². The van der Waals surface area contributed by atoms with Crippen molar-refractivity contribution >= 4 is 17.5 Å². The van der Waals surface area contributed by atoms with Gasteiger partial charge in [0.1, 0.15) is 11.8 Å². The Morgan fingerprint density at radius 2 is 1.75 bits per heavy atom. The molecule has 2 rings (SSSR count). The molecule has 0 aliphatic heterocycles. The van der Waals surface area contributed by atoms with Crippen molar-refractivity contribution in [1.29, 1.82) is 0 Å². The lowest BCUT2D eigenvalue weighted by Crippen LogP contribution is -2.39. The van der Waals surface area contributed by atoms with Crippen molar-refractivity contribution in [2.24, 2.45) is 5.73 Å². The fourth-order valence-electron chi connectivity index (χ4n) is 2.46. The lowest BCUT2D eigenvalue weighted by molar-refractivity contribution is -0.124. The summed E-state index contributed by atoms with van der Waals surface area (Å²) in [4.78, 5) is 25.6. The largest absolute Gasteiger partial charge is 0.497 e. The van der Waals surface area contributed by atoms with Crippen molar-refractivity contribution in [2.75, 3.05) is 26.0 Å². The Morgan fingerprint density at radius 1 is 1.12 bits per heavy atom. The highest BCUT2D eigenvalue weighted by molar-refractivity contribution is 5.93. The van der Waals surface area contributed by atoms with Gasteiger partial charge < -0.3 is 15.8 Å². The third-order valence-corrected chi connectivity index (χ3v) is 3.59. The number of nitrogens with two attached hydrogens (primary N) is 1. The van der Waals surface area contributed by atoms with E-state index in [1.165, 1.54) is 0 Å². The first-order chi connectivity index (χ1) is 11.5. The molecule has 0 heterocycles. The molecular weight excluding hydrogens is 306 g/mol. The molecule has 0 saturated carbocycles. The number of hydrogen-bond donors (Lipinski definition) is 2. The van der Waals surface area contributed by atoms with Crippen LogP contribution in [0.5, 0.6) is 5.75 Å². The summed E-state index contributed by atoms with van der Waals surface area (Å²) in [5.74, 6) is -0.0196. The number of rotatable bonds is 7. The Morgan fingerprint density at radius 3 is 2.29 bits per heavy atom. The average Bonchev–Trinajstić information content (AvgIpc) is 2.56. The van der Waals surface area contributed by atoms with Crippen molar-refractivity contribution < 1.29 is 14.3 Å². The molecule has 2 aromatic rings. The minimum Gasteiger partial charge on any atom is -0.497 e. The summed E-state index contributed by atoms with van der Waals surface area (Å²) >= 11 is 0. The first-order valence-electron chi connectivity index (χ1n) is 7.49. The minimum atomic E-state index is -0.659. The number of carbonyl (C=O) groups excluding carboxylic acids is 2. The van der Waals surface area contributed by atoms with E-state index in [9.17, 15) is 9.59 Å². The number of nitrogens with zero attached hydrogens (tertiary/aromatic N) is 1. The summed E-state index contributed by atoms with van der Waals surface area (Å²) in [5, 5.41) is 2.78. The summed E-state index contributed by atoms with van der Waals surface area (Å²) in [6.07, 6.45) is 0. The Labute approximate surface area is 141 Å². The number of hydrogen-bond acceptors (Lipinski definition) is 4. The molecule has 6 heteroatoms. The van der Waals surface area contributed by atoms with Crippen LogP contribution < -0.4 is 15.8 Å². The molecule has 0 bridgehead atoms. The zero-order chi connectivity index (χ0) is 17.5. The number of methoxy groups -OCH3 is 1. The molecule has 2 amide bonds. The van der Waals surface area contributed by atoms with Crippen LogP contribution in [0.4, 0.5) is 5.69 Å². The number of likely N-dealkylation sites (N-methyl/N-ethyl adjacent to an activating group) is 1. The van der Waals surface area contributed by atoms with Gasteiger partial charge >= 0.3 is 0 Å². The summed E-state index contributed by atoms with van der Waals surface area (Å²) < 4.78 is 5.07. The Balaban J connectivity index is 2.02. The van der Waals surface area contributed by atoms with Crippen LogP contribution in [0.2, 0.25) is 0 Å². The van der Waals surface area contributed by atoms with Crippen LogP contribution in [0.1, 0.15) is 11.6 Å². The first kappa shape index (κ1) is 17.5. The van der Waals surface area contributed by atoms with Crippen LogP contribution in [-0.4, -0.2) is 37.4 Å². The van der Waals surface area contributed by atoms with Gasteiger partial charge in [0, 0.05) is 5.69 Å². The molecule has 0 fully saturated rings. The predicted molar refractivity (Wildman–Crippen MR) is 92.6 cm³/mol. The first-order valence-corrected chi connectivity index (χ1v) is 7.49. The van der Waals surface area contributed by atoms with E-state index in [2.05, 4.69) is 5.32 Å². The number of amides is 2. The van der Waals surface area contributed by atoms with Crippen LogP contribution in [0, 0.1) is 0 Å². The Kier molecular flexibility index (Phi) is 5.92. The molecule has 1 atom stereocenters. The van der Waals surface area contributed by atoms with Gasteiger partial charge in [-0.25, -0.2) is 0 Å². The smallest absolute Gasteiger partial charge is 0.239 e. The molecule has 0 saturated heterocycles. The predicted octanol–water partition coefficient (Wildman–Crippen LogP) is 1.79. The maximum atomic E-state index is 12.2. The average molecular weight is 327 g/mol. The van der Waals surface area contributed by atoms with E-state index < -0.39 is 11.9 Å². The highest BCUT2D eigenvalue weighted by Gasteiger charge is 2.24. The lowest BCUT2D eigenvalue weighted by Gasteiger charge is -2.25. The maximum absolute atomic E-state index is 12.2. The molecule has 0 radical (unpaired) electrons. The van der Waals surface area contributed by atoms with E-state index in [4.69, 9.17) is 10.5 Å². The minimum absolute atomic E-state index is 0.0362. The monoisotopic (exact) mass is 327 g/mol. The van der Waals surface area contributed by atoms with Crippen LogP contribution in [0.25, 0.3) is 0 Å². The van der Waals surface area contributed by atoms with Gasteiger partial charge in [-0.15, -0.1) is 0 Å². The molecule has 24 heavy (non-hydrogen) atoms. The van der Waals surface area contributed by atoms with E-state index in [0.717, 1.165) is 5.56 Å². The molecule has 1 unspecified atom stereocenters. The molecular formula is C18H21N3O3. The van der Waals surface area contributed by atoms with Crippen molar-refractivity contribution in [3.63, 3.8) is 0 Å². The zero-order valence-electron chi connectivity index (χ0n) is 13.7. The fourth-order valence-corrected chi connectivity index (χ4v) is 2.46. The number of anilines is 1. The van der Waals surface area contributed by atoms with Crippen molar-refractivity contribution in [3.8, 4) is 5.75 Å². The van der Waals surface area contributed by atoms with Crippen LogP contribution >= 0.6 is 0 Å². The topological polar surface area (TPSA) is 84.7 Å². The van der Waals surface area contributed by atoms with E-state index in [0.29, 0.717) is 11.4 Å². The molecule has 0 aromatic heterocycles. The normalized spacial score (nSPS) is 11.8. The summed E-state index contributed by atoms with van der Waals surface area (Å²) in [7, 11) is 3.27. The molecule has 126 valence electrons. The quantitative estimate of drug-likeness (QED) is 0.812. The number of ether oxygens (including phenoxy) is 1. The van der Waals surface area contributed by atoms with Gasteiger partial charge in [0.25, 0.3) is 0 Å². The van der Waals surface area contributed by atoms with E-state index in [1.54, 1.807) is 43.3 Å². The molecule has 0 spiro atoms. The molecule has 0 aliphatic rings. The van der Waals surface area contributed by atoms with Crippen LogP contribution in [0.15, 0.2) is 54.6 Å². The standard InChI is InChI=1S/C18H21N3O3/c1-21(17(18(19)23)13-6-4-3-5-7-13)12-16(22)20-14-8-10-15(24-2)11-9-14/h3-11,17H,12H2,1-2H3,(H2,19,23)(H,20,22). The molecule has 3 N–H and O–H groups in total. The maximum Gasteiger partial charge on any atom is 0.239 e. The highest BCUT2D eigenvalue weighted by Crippen LogP contribution is 2.19. The van der Waals surface area contributed by atoms with Crippen molar-refractivity contribution in [2.45, 2.75) is 6.04 Å². The fraction of sp³-hybridized carbons (Fsp3) is 0.222. The van der Waals surface area contributed by atoms with Gasteiger partial charge in [-0.1, -0.05) is 30.3 Å². The van der Waals surface area contributed by atoms with E-state index >= 15 is 0 Å².